The molecule has 2 aliphatic rings. The van der Waals surface area contributed by atoms with Crippen LogP contribution >= 0.6 is 0 Å². The smallest absolute Gasteiger partial charge is 0.317 e. The van der Waals surface area contributed by atoms with Gasteiger partial charge in [0.05, 0.1) is 11.5 Å². The Morgan fingerprint density at radius 1 is 1.46 bits per heavy atom. The van der Waals surface area contributed by atoms with E-state index in [2.05, 4.69) is 15.2 Å². The molecule has 130 valence electrons. The van der Waals surface area contributed by atoms with Gasteiger partial charge in [0.25, 0.3) is 5.69 Å². The van der Waals surface area contributed by atoms with Crippen LogP contribution in [-0.2, 0) is 4.79 Å². The number of carbonyl (C=O) groups is 1. The standard InChI is InChI=1S/C16H22N4O4/c1-10-14(20(23)24)4-5-15(17-10)18-12-6-13(7-12)19(9-16(21)22)8-11-2-3-11/h4-5,11-13H,2-3,6-9H2,1H3,(H,17,18)(H,21,22). The second kappa shape index (κ2) is 6.72. The first-order chi connectivity index (χ1) is 11.4. The molecule has 2 fully saturated rings. The van der Waals surface area contributed by atoms with E-state index in [1.165, 1.54) is 18.9 Å². The summed E-state index contributed by atoms with van der Waals surface area (Å²) in [4.78, 5) is 27.7. The van der Waals surface area contributed by atoms with Crippen LogP contribution in [0, 0.1) is 23.0 Å². The van der Waals surface area contributed by atoms with Crippen LogP contribution in [0.3, 0.4) is 0 Å². The molecule has 2 saturated carbocycles. The van der Waals surface area contributed by atoms with Gasteiger partial charge in [-0.2, -0.15) is 0 Å². The predicted octanol–water partition coefficient (Wildman–Crippen LogP) is 2.04. The molecule has 1 heterocycles. The van der Waals surface area contributed by atoms with Crippen molar-refractivity contribution >= 4 is 17.5 Å². The van der Waals surface area contributed by atoms with E-state index in [1.54, 1.807) is 13.0 Å². The fraction of sp³-hybridized carbons (Fsp3) is 0.625. The Bertz CT molecular complexity index is 641. The maximum atomic E-state index is 11.0. The Balaban J connectivity index is 1.53. The summed E-state index contributed by atoms with van der Waals surface area (Å²) in [5.74, 6) is 0.517. The minimum absolute atomic E-state index is 0.0177. The number of aryl methyl sites for hydroxylation is 1. The number of anilines is 1. The SMILES string of the molecule is Cc1nc(NC2CC(N(CC(=O)O)CC3CC3)C2)ccc1[N+](=O)[O-]. The molecule has 0 amide bonds. The van der Waals surface area contributed by atoms with Crippen LogP contribution in [0.25, 0.3) is 0 Å². The Morgan fingerprint density at radius 2 is 2.17 bits per heavy atom. The molecular formula is C16H22N4O4. The Kier molecular flexibility index (Phi) is 4.66. The maximum absolute atomic E-state index is 11.0. The number of pyridine rings is 1. The highest BCUT2D eigenvalue weighted by atomic mass is 16.6. The van der Waals surface area contributed by atoms with Crippen molar-refractivity contribution in [2.75, 3.05) is 18.4 Å². The van der Waals surface area contributed by atoms with E-state index in [9.17, 15) is 14.9 Å². The third-order valence-electron chi connectivity index (χ3n) is 4.76. The molecule has 8 nitrogen and oxygen atoms in total. The minimum atomic E-state index is -0.778. The molecule has 0 aromatic carbocycles. The molecule has 24 heavy (non-hydrogen) atoms. The minimum Gasteiger partial charge on any atom is -0.480 e. The largest absolute Gasteiger partial charge is 0.480 e. The molecule has 0 atom stereocenters. The molecule has 0 radical (unpaired) electrons. The van der Waals surface area contributed by atoms with Crippen LogP contribution in [0.5, 0.6) is 0 Å². The highest BCUT2D eigenvalue weighted by Gasteiger charge is 2.37. The zero-order valence-corrected chi connectivity index (χ0v) is 13.6. The van der Waals surface area contributed by atoms with Crippen molar-refractivity contribution in [2.45, 2.75) is 44.7 Å². The molecule has 0 unspecified atom stereocenters. The van der Waals surface area contributed by atoms with Crippen LogP contribution < -0.4 is 5.32 Å². The number of aromatic nitrogens is 1. The van der Waals surface area contributed by atoms with Gasteiger partial charge in [0.1, 0.15) is 11.5 Å². The van der Waals surface area contributed by atoms with Gasteiger partial charge in [-0.15, -0.1) is 0 Å². The normalized spacial score (nSPS) is 22.9. The van der Waals surface area contributed by atoms with Gasteiger partial charge in [-0.05, 0) is 44.6 Å². The Labute approximate surface area is 140 Å². The number of nitrogens with zero attached hydrogens (tertiary/aromatic N) is 3. The number of carboxylic acids is 1. The van der Waals surface area contributed by atoms with E-state index in [1.807, 2.05) is 0 Å². The summed E-state index contributed by atoms with van der Waals surface area (Å²) >= 11 is 0. The van der Waals surface area contributed by atoms with Crippen molar-refractivity contribution in [3.63, 3.8) is 0 Å². The van der Waals surface area contributed by atoms with Gasteiger partial charge in [-0.3, -0.25) is 19.8 Å². The van der Waals surface area contributed by atoms with Crippen molar-refractivity contribution in [3.8, 4) is 0 Å². The number of rotatable bonds is 8. The molecule has 8 heteroatoms. The molecule has 0 spiro atoms. The zero-order chi connectivity index (χ0) is 17.3. The van der Waals surface area contributed by atoms with Crippen molar-refractivity contribution in [2.24, 2.45) is 5.92 Å². The molecule has 0 aliphatic heterocycles. The molecule has 2 N–H and O–H groups in total. The van der Waals surface area contributed by atoms with Crippen LogP contribution in [0.1, 0.15) is 31.4 Å². The molecule has 1 aromatic heterocycles. The van der Waals surface area contributed by atoms with Gasteiger partial charge in [0.15, 0.2) is 0 Å². The quantitative estimate of drug-likeness (QED) is 0.553. The first-order valence-corrected chi connectivity index (χ1v) is 8.27. The van der Waals surface area contributed by atoms with Crippen molar-refractivity contribution in [3.05, 3.63) is 27.9 Å². The lowest BCUT2D eigenvalue weighted by atomic mass is 9.85. The summed E-state index contributed by atoms with van der Waals surface area (Å²) in [7, 11) is 0. The van der Waals surface area contributed by atoms with Crippen molar-refractivity contribution < 1.29 is 14.8 Å². The number of nitrogens with one attached hydrogen (secondary N) is 1. The van der Waals surface area contributed by atoms with Crippen molar-refractivity contribution in [1.29, 1.82) is 0 Å². The van der Waals surface area contributed by atoms with Gasteiger partial charge in [0, 0.05) is 24.7 Å². The molecule has 0 bridgehead atoms. The van der Waals surface area contributed by atoms with Crippen molar-refractivity contribution in [1.82, 2.24) is 9.88 Å². The molecule has 2 aliphatic carbocycles. The van der Waals surface area contributed by atoms with E-state index in [-0.39, 0.29) is 18.3 Å². The number of nitro groups is 1. The number of hydrogen-bond acceptors (Lipinski definition) is 6. The molecular weight excluding hydrogens is 312 g/mol. The van der Waals surface area contributed by atoms with Crippen LogP contribution in [0.15, 0.2) is 12.1 Å². The van der Waals surface area contributed by atoms with Crippen LogP contribution in [0.4, 0.5) is 11.5 Å². The average molecular weight is 334 g/mol. The molecule has 0 saturated heterocycles. The van der Waals surface area contributed by atoms with E-state index in [4.69, 9.17) is 5.11 Å². The highest BCUT2D eigenvalue weighted by molar-refractivity contribution is 5.69. The predicted molar refractivity (Wildman–Crippen MR) is 88.0 cm³/mol. The van der Waals surface area contributed by atoms with Crippen LogP contribution in [0.2, 0.25) is 0 Å². The lowest BCUT2D eigenvalue weighted by Crippen LogP contribution is -2.52. The van der Waals surface area contributed by atoms with E-state index < -0.39 is 10.9 Å². The summed E-state index contributed by atoms with van der Waals surface area (Å²) in [5.41, 5.74) is 0.409. The second-order valence-corrected chi connectivity index (χ2v) is 6.79. The topological polar surface area (TPSA) is 109 Å². The fourth-order valence-electron chi connectivity index (χ4n) is 3.19. The van der Waals surface area contributed by atoms with E-state index >= 15 is 0 Å². The third kappa shape index (κ3) is 4.00. The average Bonchev–Trinajstić information content (AvgIpc) is 3.24. The first kappa shape index (κ1) is 16.6. The third-order valence-corrected chi connectivity index (χ3v) is 4.76. The summed E-state index contributed by atoms with van der Waals surface area (Å²) in [6.45, 7) is 2.60. The number of hydrogen-bond donors (Lipinski definition) is 2. The molecule has 1 aromatic rings. The highest BCUT2D eigenvalue weighted by Crippen LogP contribution is 2.34. The van der Waals surface area contributed by atoms with Gasteiger partial charge >= 0.3 is 5.97 Å². The fourth-order valence-corrected chi connectivity index (χ4v) is 3.19. The lowest BCUT2D eigenvalue weighted by Gasteiger charge is -2.43. The number of aliphatic carboxylic acids is 1. The van der Waals surface area contributed by atoms with Gasteiger partial charge in [-0.25, -0.2) is 4.98 Å². The summed E-state index contributed by atoms with van der Waals surface area (Å²) in [6.07, 6.45) is 4.16. The summed E-state index contributed by atoms with van der Waals surface area (Å²) in [6, 6.07) is 3.61. The monoisotopic (exact) mass is 334 g/mol. The van der Waals surface area contributed by atoms with Gasteiger partial charge in [-0.1, -0.05) is 0 Å². The Hall–Kier alpha value is -2.22. The van der Waals surface area contributed by atoms with Gasteiger partial charge in [0.2, 0.25) is 0 Å². The molecule has 3 rings (SSSR count). The van der Waals surface area contributed by atoms with Gasteiger partial charge < -0.3 is 10.4 Å². The van der Waals surface area contributed by atoms with E-state index in [0.29, 0.717) is 23.5 Å². The maximum Gasteiger partial charge on any atom is 0.317 e. The number of carboxylic acid groups (broad SMARTS) is 1. The Morgan fingerprint density at radius 3 is 2.71 bits per heavy atom. The first-order valence-electron chi connectivity index (χ1n) is 8.27. The summed E-state index contributed by atoms with van der Waals surface area (Å²) in [5, 5.41) is 23.2. The van der Waals surface area contributed by atoms with E-state index in [0.717, 1.165) is 19.4 Å². The van der Waals surface area contributed by atoms with Crippen LogP contribution in [-0.4, -0.2) is 51.1 Å². The summed E-state index contributed by atoms with van der Waals surface area (Å²) < 4.78 is 0. The lowest BCUT2D eigenvalue weighted by molar-refractivity contribution is -0.385. The second-order valence-electron chi connectivity index (χ2n) is 6.79. The zero-order valence-electron chi connectivity index (χ0n) is 13.6.